The van der Waals surface area contributed by atoms with Crippen LogP contribution in [0.15, 0.2) is 53.1 Å². The monoisotopic (exact) mass is 273 g/mol. The highest BCUT2D eigenvalue weighted by Gasteiger charge is 2.14. The molecule has 0 aliphatic carbocycles. The van der Waals surface area contributed by atoms with Crippen LogP contribution in [0.2, 0.25) is 0 Å². The molecule has 0 aliphatic heterocycles. The van der Waals surface area contributed by atoms with Gasteiger partial charge in [-0.3, -0.25) is 4.79 Å². The average Bonchev–Trinajstić information content (AvgIpc) is 3.00. The lowest BCUT2D eigenvalue weighted by atomic mass is 10.1. The van der Waals surface area contributed by atoms with Crippen LogP contribution in [0, 0.1) is 0 Å². The van der Waals surface area contributed by atoms with Gasteiger partial charge in [-0.25, -0.2) is 4.79 Å². The van der Waals surface area contributed by atoms with E-state index in [2.05, 4.69) is 5.32 Å². The van der Waals surface area contributed by atoms with E-state index in [1.165, 1.54) is 12.3 Å². The lowest BCUT2D eigenvalue weighted by molar-refractivity contribution is -0.124. The van der Waals surface area contributed by atoms with Crippen LogP contribution in [0.5, 0.6) is 0 Å². The zero-order valence-electron chi connectivity index (χ0n) is 11.0. The SMILES string of the molecule is C[C@H](NC(=O)COC(=O)c1ccco1)c1ccccc1. The number of benzene rings is 1. The van der Waals surface area contributed by atoms with Gasteiger partial charge in [0.05, 0.1) is 12.3 Å². The van der Waals surface area contributed by atoms with Crippen molar-refractivity contribution in [2.24, 2.45) is 0 Å². The Morgan fingerprint density at radius 2 is 1.95 bits per heavy atom. The molecule has 1 aromatic carbocycles. The molecular weight excluding hydrogens is 258 g/mol. The number of nitrogens with one attached hydrogen (secondary N) is 1. The van der Waals surface area contributed by atoms with Crippen molar-refractivity contribution >= 4 is 11.9 Å². The zero-order chi connectivity index (χ0) is 14.4. The van der Waals surface area contributed by atoms with E-state index in [0.29, 0.717) is 0 Å². The second-order valence-corrected chi connectivity index (χ2v) is 4.25. The van der Waals surface area contributed by atoms with Crippen LogP contribution in [-0.2, 0) is 9.53 Å². The van der Waals surface area contributed by atoms with Crippen LogP contribution in [0.25, 0.3) is 0 Å². The summed E-state index contributed by atoms with van der Waals surface area (Å²) >= 11 is 0. The highest BCUT2D eigenvalue weighted by Crippen LogP contribution is 2.10. The molecule has 104 valence electrons. The summed E-state index contributed by atoms with van der Waals surface area (Å²) in [6.45, 7) is 1.53. The first-order valence-corrected chi connectivity index (χ1v) is 6.22. The van der Waals surface area contributed by atoms with Gasteiger partial charge in [0.25, 0.3) is 5.91 Å². The molecule has 0 radical (unpaired) electrons. The third-order valence-corrected chi connectivity index (χ3v) is 2.73. The van der Waals surface area contributed by atoms with Gasteiger partial charge in [0.1, 0.15) is 0 Å². The van der Waals surface area contributed by atoms with Crippen molar-refractivity contribution < 1.29 is 18.7 Å². The average molecular weight is 273 g/mol. The molecule has 0 bridgehead atoms. The third kappa shape index (κ3) is 3.71. The molecule has 1 atom stereocenters. The molecule has 1 N–H and O–H groups in total. The number of hydrogen-bond donors (Lipinski definition) is 1. The maximum Gasteiger partial charge on any atom is 0.374 e. The topological polar surface area (TPSA) is 68.5 Å². The fourth-order valence-electron chi connectivity index (χ4n) is 1.71. The number of furan rings is 1. The minimum atomic E-state index is -0.655. The van der Waals surface area contributed by atoms with E-state index in [4.69, 9.17) is 9.15 Å². The fourth-order valence-corrected chi connectivity index (χ4v) is 1.71. The van der Waals surface area contributed by atoms with Crippen molar-refractivity contribution in [2.45, 2.75) is 13.0 Å². The molecule has 1 heterocycles. The first-order valence-electron chi connectivity index (χ1n) is 6.22. The molecular formula is C15H15NO4. The molecule has 2 aromatic rings. The number of esters is 1. The Bertz CT molecular complexity index is 563. The van der Waals surface area contributed by atoms with Gasteiger partial charge in [-0.15, -0.1) is 0 Å². The molecule has 0 saturated carbocycles. The summed E-state index contributed by atoms with van der Waals surface area (Å²) in [6.07, 6.45) is 1.37. The Hall–Kier alpha value is -2.56. The van der Waals surface area contributed by atoms with Crippen LogP contribution >= 0.6 is 0 Å². The van der Waals surface area contributed by atoms with Gasteiger partial charge in [0.15, 0.2) is 6.61 Å². The van der Waals surface area contributed by atoms with Crippen molar-refractivity contribution in [3.63, 3.8) is 0 Å². The molecule has 0 unspecified atom stereocenters. The molecule has 1 aromatic heterocycles. The van der Waals surface area contributed by atoms with Crippen molar-refractivity contribution in [3.8, 4) is 0 Å². The van der Waals surface area contributed by atoms with E-state index in [1.807, 2.05) is 37.3 Å². The second kappa shape index (κ2) is 6.56. The quantitative estimate of drug-likeness (QED) is 0.849. The molecule has 1 amide bonds. The van der Waals surface area contributed by atoms with Gasteiger partial charge in [-0.2, -0.15) is 0 Å². The number of amides is 1. The van der Waals surface area contributed by atoms with Gasteiger partial charge in [0, 0.05) is 0 Å². The van der Waals surface area contributed by atoms with Crippen LogP contribution in [0.3, 0.4) is 0 Å². The van der Waals surface area contributed by atoms with Crippen molar-refractivity contribution in [2.75, 3.05) is 6.61 Å². The Balaban J connectivity index is 1.80. The minimum absolute atomic E-state index is 0.0777. The maximum atomic E-state index is 11.7. The molecule has 0 spiro atoms. The number of carbonyl (C=O) groups excluding carboxylic acids is 2. The summed E-state index contributed by atoms with van der Waals surface area (Å²) in [7, 11) is 0. The van der Waals surface area contributed by atoms with Crippen LogP contribution < -0.4 is 5.32 Å². The van der Waals surface area contributed by atoms with Crippen LogP contribution in [-0.4, -0.2) is 18.5 Å². The molecule has 5 heteroatoms. The fraction of sp³-hybridized carbons (Fsp3) is 0.200. The standard InChI is InChI=1S/C15H15NO4/c1-11(12-6-3-2-4-7-12)16-14(17)10-20-15(18)13-8-5-9-19-13/h2-9,11H,10H2,1H3,(H,16,17)/t11-/m0/s1. The van der Waals surface area contributed by atoms with E-state index in [-0.39, 0.29) is 24.3 Å². The van der Waals surface area contributed by atoms with Gasteiger partial charge in [-0.05, 0) is 24.6 Å². The van der Waals surface area contributed by atoms with Gasteiger partial charge in [0.2, 0.25) is 5.76 Å². The summed E-state index contributed by atoms with van der Waals surface area (Å²) in [4.78, 5) is 23.2. The highest BCUT2D eigenvalue weighted by atomic mass is 16.5. The number of carbonyl (C=O) groups is 2. The van der Waals surface area contributed by atoms with E-state index < -0.39 is 5.97 Å². The lowest BCUT2D eigenvalue weighted by Crippen LogP contribution is -2.31. The van der Waals surface area contributed by atoms with Gasteiger partial charge >= 0.3 is 5.97 Å². The minimum Gasteiger partial charge on any atom is -0.457 e. The summed E-state index contributed by atoms with van der Waals surface area (Å²) in [5.74, 6) is -0.937. The van der Waals surface area contributed by atoms with Crippen molar-refractivity contribution in [1.82, 2.24) is 5.32 Å². The van der Waals surface area contributed by atoms with Crippen molar-refractivity contribution in [1.29, 1.82) is 0 Å². The van der Waals surface area contributed by atoms with Crippen molar-refractivity contribution in [3.05, 3.63) is 60.1 Å². The normalized spacial score (nSPS) is 11.7. The molecule has 20 heavy (non-hydrogen) atoms. The van der Waals surface area contributed by atoms with E-state index in [1.54, 1.807) is 6.07 Å². The number of hydrogen-bond acceptors (Lipinski definition) is 4. The molecule has 5 nitrogen and oxygen atoms in total. The molecule has 0 aliphatic rings. The third-order valence-electron chi connectivity index (χ3n) is 2.73. The molecule has 2 rings (SSSR count). The van der Waals surface area contributed by atoms with Crippen LogP contribution in [0.4, 0.5) is 0 Å². The summed E-state index contributed by atoms with van der Waals surface area (Å²) in [5, 5.41) is 2.75. The predicted octanol–water partition coefficient (Wildman–Crippen LogP) is 2.31. The smallest absolute Gasteiger partial charge is 0.374 e. The Kier molecular flexibility index (Phi) is 4.55. The van der Waals surface area contributed by atoms with E-state index in [9.17, 15) is 9.59 Å². The summed E-state index contributed by atoms with van der Waals surface area (Å²) in [6, 6.07) is 12.4. The lowest BCUT2D eigenvalue weighted by Gasteiger charge is -2.14. The van der Waals surface area contributed by atoms with E-state index >= 15 is 0 Å². The number of ether oxygens (including phenoxy) is 1. The maximum absolute atomic E-state index is 11.7. The number of rotatable bonds is 5. The highest BCUT2D eigenvalue weighted by molar-refractivity contribution is 5.88. The van der Waals surface area contributed by atoms with Gasteiger partial charge in [-0.1, -0.05) is 30.3 Å². The first kappa shape index (κ1) is 13.9. The Morgan fingerprint density at radius 1 is 1.20 bits per heavy atom. The van der Waals surface area contributed by atoms with Gasteiger partial charge < -0.3 is 14.5 Å². The second-order valence-electron chi connectivity index (χ2n) is 4.25. The largest absolute Gasteiger partial charge is 0.457 e. The van der Waals surface area contributed by atoms with Crippen LogP contribution in [0.1, 0.15) is 29.1 Å². The Labute approximate surface area is 116 Å². The summed E-state index contributed by atoms with van der Waals surface area (Å²) < 4.78 is 9.71. The Morgan fingerprint density at radius 3 is 2.60 bits per heavy atom. The van der Waals surface area contributed by atoms with E-state index in [0.717, 1.165) is 5.56 Å². The summed E-state index contributed by atoms with van der Waals surface area (Å²) in [5.41, 5.74) is 0.984. The first-order chi connectivity index (χ1) is 9.66. The zero-order valence-corrected chi connectivity index (χ0v) is 11.0. The molecule has 0 saturated heterocycles. The molecule has 0 fully saturated rings. The predicted molar refractivity (Wildman–Crippen MR) is 72.0 cm³/mol.